The zero-order chi connectivity index (χ0) is 25.9. The molecule has 11 heteroatoms. The van der Waals surface area contributed by atoms with Gasteiger partial charge in [-0.05, 0) is 61.6 Å². The average Bonchev–Trinajstić information content (AvgIpc) is 3.29. The van der Waals surface area contributed by atoms with Gasteiger partial charge in [0.05, 0.1) is 40.2 Å². The molecule has 0 aliphatic heterocycles. The molecule has 7 nitrogen and oxygen atoms in total. The highest BCUT2D eigenvalue weighted by atomic mass is 35.5. The summed E-state index contributed by atoms with van der Waals surface area (Å²) in [5, 5.41) is 5.88. The maximum atomic E-state index is 13.8. The predicted octanol–water partition coefficient (Wildman–Crippen LogP) is 5.88. The highest BCUT2D eigenvalue weighted by molar-refractivity contribution is 7.99. The van der Waals surface area contributed by atoms with Crippen LogP contribution in [-0.2, 0) is 17.6 Å². The SMILES string of the molecule is COc1ccc(-n2c(SCC(=O)NN=Cc3cccc(Cl)c3Cl)nc3sc4c(c3c2=O)CCCC4)cc1. The highest BCUT2D eigenvalue weighted by Gasteiger charge is 2.23. The van der Waals surface area contributed by atoms with Crippen LogP contribution in [0.1, 0.15) is 28.8 Å². The van der Waals surface area contributed by atoms with Crippen molar-refractivity contribution < 1.29 is 9.53 Å². The van der Waals surface area contributed by atoms with Crippen LogP contribution in [-0.4, -0.2) is 34.5 Å². The molecular weight excluding hydrogens is 551 g/mol. The van der Waals surface area contributed by atoms with Crippen LogP contribution < -0.4 is 15.7 Å². The molecule has 1 aliphatic rings. The number of carbonyl (C=O) groups excluding carboxylic acids is 1. The fourth-order valence-corrected chi connectivity index (χ4v) is 6.66. The Kier molecular flexibility index (Phi) is 7.85. The number of ether oxygens (including phenoxy) is 1. The van der Waals surface area contributed by atoms with E-state index >= 15 is 0 Å². The lowest BCUT2D eigenvalue weighted by Crippen LogP contribution is -2.24. The van der Waals surface area contributed by atoms with Crippen molar-refractivity contribution >= 4 is 68.6 Å². The van der Waals surface area contributed by atoms with Gasteiger partial charge in [-0.25, -0.2) is 10.4 Å². The largest absolute Gasteiger partial charge is 0.497 e. The molecule has 4 aromatic rings. The molecule has 0 atom stereocenters. The quantitative estimate of drug-likeness (QED) is 0.129. The number of carbonyl (C=O) groups is 1. The number of nitrogens with zero attached hydrogens (tertiary/aromatic N) is 3. The number of aryl methyl sites for hydroxylation is 2. The summed E-state index contributed by atoms with van der Waals surface area (Å²) in [5.74, 6) is 0.352. The zero-order valence-corrected chi connectivity index (χ0v) is 22.9. The van der Waals surface area contributed by atoms with E-state index < -0.39 is 0 Å². The average molecular weight is 574 g/mol. The Morgan fingerprint density at radius 2 is 2.00 bits per heavy atom. The van der Waals surface area contributed by atoms with Crippen molar-refractivity contribution in [3.8, 4) is 11.4 Å². The Hall–Kier alpha value is -2.85. The topological polar surface area (TPSA) is 85.6 Å². The van der Waals surface area contributed by atoms with E-state index in [4.69, 9.17) is 32.9 Å². The van der Waals surface area contributed by atoms with E-state index in [1.807, 2.05) is 12.1 Å². The lowest BCUT2D eigenvalue weighted by Gasteiger charge is -2.14. The number of hydrogen-bond donors (Lipinski definition) is 1. The van der Waals surface area contributed by atoms with E-state index in [1.54, 1.807) is 53.3 Å². The van der Waals surface area contributed by atoms with Gasteiger partial charge < -0.3 is 4.74 Å². The molecule has 1 amide bonds. The van der Waals surface area contributed by atoms with Crippen LogP contribution in [0, 0.1) is 0 Å². The van der Waals surface area contributed by atoms with Gasteiger partial charge in [-0.1, -0.05) is 47.1 Å². The Labute approximate surface area is 231 Å². The number of hydrazone groups is 1. The summed E-state index contributed by atoms with van der Waals surface area (Å²) in [7, 11) is 1.59. The molecule has 0 unspecified atom stereocenters. The lowest BCUT2D eigenvalue weighted by atomic mass is 9.97. The Morgan fingerprint density at radius 3 is 2.78 bits per heavy atom. The molecule has 37 heavy (non-hydrogen) atoms. The minimum absolute atomic E-state index is 0.0137. The maximum Gasteiger partial charge on any atom is 0.267 e. The van der Waals surface area contributed by atoms with Gasteiger partial charge in [-0.15, -0.1) is 11.3 Å². The van der Waals surface area contributed by atoms with Crippen LogP contribution in [0.4, 0.5) is 0 Å². The van der Waals surface area contributed by atoms with Crippen molar-refractivity contribution in [3.63, 3.8) is 0 Å². The molecule has 0 saturated carbocycles. The summed E-state index contributed by atoms with van der Waals surface area (Å²) in [5.41, 5.74) is 4.74. The van der Waals surface area contributed by atoms with Crippen LogP contribution in [0.5, 0.6) is 5.75 Å². The zero-order valence-electron chi connectivity index (χ0n) is 19.8. The summed E-state index contributed by atoms with van der Waals surface area (Å²) in [6.45, 7) is 0. The van der Waals surface area contributed by atoms with Crippen molar-refractivity contribution in [1.82, 2.24) is 15.0 Å². The van der Waals surface area contributed by atoms with Gasteiger partial charge in [0.15, 0.2) is 5.16 Å². The first-order valence-electron chi connectivity index (χ1n) is 11.6. The number of fused-ring (bicyclic) bond motifs is 3. The summed E-state index contributed by atoms with van der Waals surface area (Å²) in [6, 6.07) is 12.4. The third-order valence-corrected chi connectivity index (χ3v) is 8.95. The minimum atomic E-state index is -0.347. The summed E-state index contributed by atoms with van der Waals surface area (Å²) >= 11 is 14.9. The number of hydrogen-bond acceptors (Lipinski definition) is 7. The number of methoxy groups -OCH3 is 1. The van der Waals surface area contributed by atoms with Gasteiger partial charge in [-0.2, -0.15) is 5.10 Å². The summed E-state index contributed by atoms with van der Waals surface area (Å²) < 4.78 is 6.85. The molecule has 0 saturated heterocycles. The van der Waals surface area contributed by atoms with Gasteiger partial charge in [0.25, 0.3) is 11.5 Å². The molecule has 2 aromatic carbocycles. The molecule has 2 heterocycles. The molecule has 0 bridgehead atoms. The van der Waals surface area contributed by atoms with Crippen LogP contribution in [0.25, 0.3) is 15.9 Å². The Morgan fingerprint density at radius 1 is 1.22 bits per heavy atom. The van der Waals surface area contributed by atoms with Gasteiger partial charge in [0.2, 0.25) is 0 Å². The van der Waals surface area contributed by atoms with Gasteiger partial charge in [0, 0.05) is 10.4 Å². The fraction of sp³-hybridized carbons (Fsp3) is 0.231. The highest BCUT2D eigenvalue weighted by Crippen LogP contribution is 2.35. The standard InChI is InChI=1S/C26H22Cl2N4O3S2/c1-35-17-11-9-16(10-12-17)32-25(34)22-18-6-2-3-8-20(18)37-24(22)30-26(32)36-14-21(33)31-29-13-15-5-4-7-19(27)23(15)28/h4-5,7,9-13H,2-3,6,8,14H2,1H3,(H,31,33). The van der Waals surface area contributed by atoms with Gasteiger partial charge in [0.1, 0.15) is 10.6 Å². The first-order chi connectivity index (χ1) is 18.0. The van der Waals surface area contributed by atoms with Crippen LogP contribution >= 0.6 is 46.3 Å². The fourth-order valence-electron chi connectivity index (χ4n) is 4.20. The molecule has 0 fully saturated rings. The first-order valence-corrected chi connectivity index (χ1v) is 14.1. The molecule has 5 rings (SSSR count). The molecule has 1 aliphatic carbocycles. The van der Waals surface area contributed by atoms with Crippen molar-refractivity contribution in [3.05, 3.63) is 78.9 Å². The molecule has 0 radical (unpaired) electrons. The monoisotopic (exact) mass is 572 g/mol. The third-order valence-electron chi connectivity index (χ3n) is 6.00. The third kappa shape index (κ3) is 5.40. The van der Waals surface area contributed by atoms with Gasteiger partial charge in [-0.3, -0.25) is 14.2 Å². The van der Waals surface area contributed by atoms with Crippen LogP contribution in [0.3, 0.4) is 0 Å². The van der Waals surface area contributed by atoms with Gasteiger partial charge >= 0.3 is 0 Å². The molecule has 190 valence electrons. The molecule has 1 N–H and O–H groups in total. The van der Waals surface area contributed by atoms with Crippen molar-refractivity contribution in [2.75, 3.05) is 12.9 Å². The maximum absolute atomic E-state index is 13.8. The van der Waals surface area contributed by atoms with Crippen molar-refractivity contribution in [2.24, 2.45) is 5.10 Å². The number of thiophene rings is 1. The molecular formula is C26H22Cl2N4O3S2. The number of aromatic nitrogens is 2. The molecule has 0 spiro atoms. The number of thioether (sulfide) groups is 1. The number of rotatable bonds is 7. The normalized spacial score (nSPS) is 13.2. The summed E-state index contributed by atoms with van der Waals surface area (Å²) in [4.78, 5) is 33.2. The van der Waals surface area contributed by atoms with Crippen molar-refractivity contribution in [1.29, 1.82) is 0 Å². The van der Waals surface area contributed by atoms with E-state index in [1.165, 1.54) is 22.9 Å². The number of benzene rings is 2. The number of amides is 1. The smallest absolute Gasteiger partial charge is 0.267 e. The van der Waals surface area contributed by atoms with Crippen LogP contribution in [0.15, 0.2) is 57.5 Å². The second kappa shape index (κ2) is 11.3. The van der Waals surface area contributed by atoms with Crippen molar-refractivity contribution in [2.45, 2.75) is 30.8 Å². The second-order valence-corrected chi connectivity index (χ2v) is 11.2. The second-order valence-electron chi connectivity index (χ2n) is 8.35. The minimum Gasteiger partial charge on any atom is -0.497 e. The lowest BCUT2D eigenvalue weighted by molar-refractivity contribution is -0.118. The molecule has 2 aromatic heterocycles. The first kappa shape index (κ1) is 25.8. The van der Waals surface area contributed by atoms with E-state index in [0.717, 1.165) is 36.1 Å². The summed E-state index contributed by atoms with van der Waals surface area (Å²) in [6.07, 6.45) is 5.48. The van der Waals surface area contributed by atoms with E-state index in [2.05, 4.69) is 10.5 Å². The van der Waals surface area contributed by atoms with E-state index in [-0.39, 0.29) is 17.2 Å². The van der Waals surface area contributed by atoms with E-state index in [0.29, 0.717) is 37.6 Å². The van der Waals surface area contributed by atoms with E-state index in [9.17, 15) is 9.59 Å². The van der Waals surface area contributed by atoms with Crippen LogP contribution in [0.2, 0.25) is 10.0 Å². The Balaban J connectivity index is 1.43. The number of nitrogens with one attached hydrogen (secondary N) is 1. The predicted molar refractivity (Wildman–Crippen MR) is 151 cm³/mol. The number of halogens is 2. The Bertz CT molecular complexity index is 1570.